The van der Waals surface area contributed by atoms with Crippen molar-refractivity contribution in [1.29, 1.82) is 0 Å². The standard InChI is InChI=1S/C14H28N2S/c1-11(2)15-9-13-5-4-7-16(10-13)14-6-8-17-12(14)3/h11-15H,4-10H2,1-3H3. The average Bonchev–Trinajstić information content (AvgIpc) is 2.73. The lowest BCUT2D eigenvalue weighted by molar-refractivity contribution is 0.122. The fraction of sp³-hybridized carbons (Fsp3) is 1.00. The fourth-order valence-electron chi connectivity index (χ4n) is 3.17. The second-order valence-electron chi connectivity index (χ2n) is 6.00. The van der Waals surface area contributed by atoms with Gasteiger partial charge < -0.3 is 5.32 Å². The van der Waals surface area contributed by atoms with E-state index in [1.807, 2.05) is 0 Å². The van der Waals surface area contributed by atoms with Crippen LogP contribution in [0.2, 0.25) is 0 Å². The zero-order valence-corrected chi connectivity index (χ0v) is 12.4. The van der Waals surface area contributed by atoms with Gasteiger partial charge in [0.25, 0.3) is 0 Å². The van der Waals surface area contributed by atoms with Gasteiger partial charge in [0.1, 0.15) is 0 Å². The predicted octanol–water partition coefficient (Wildman–Crippen LogP) is 2.59. The summed E-state index contributed by atoms with van der Waals surface area (Å²) >= 11 is 2.16. The first-order valence-electron chi connectivity index (χ1n) is 7.26. The lowest BCUT2D eigenvalue weighted by Crippen LogP contribution is -2.47. The van der Waals surface area contributed by atoms with Gasteiger partial charge in [0.15, 0.2) is 0 Å². The molecule has 2 heterocycles. The molecule has 0 spiro atoms. The quantitative estimate of drug-likeness (QED) is 0.832. The Kier molecular flexibility index (Phi) is 5.19. The van der Waals surface area contributed by atoms with E-state index in [0.29, 0.717) is 6.04 Å². The third-order valence-corrected chi connectivity index (χ3v) is 5.48. The van der Waals surface area contributed by atoms with Crippen LogP contribution in [0.15, 0.2) is 0 Å². The minimum absolute atomic E-state index is 0.631. The van der Waals surface area contributed by atoms with Crippen LogP contribution >= 0.6 is 11.8 Å². The third kappa shape index (κ3) is 3.87. The molecule has 0 amide bonds. The molecule has 0 aromatic carbocycles. The van der Waals surface area contributed by atoms with Crippen LogP contribution in [0, 0.1) is 5.92 Å². The smallest absolute Gasteiger partial charge is 0.0219 e. The molecule has 3 unspecified atom stereocenters. The van der Waals surface area contributed by atoms with E-state index in [1.54, 1.807) is 0 Å². The van der Waals surface area contributed by atoms with E-state index in [9.17, 15) is 0 Å². The Labute approximate surface area is 111 Å². The van der Waals surface area contributed by atoms with Crippen molar-refractivity contribution in [2.24, 2.45) is 5.92 Å². The molecule has 0 saturated carbocycles. The summed E-state index contributed by atoms with van der Waals surface area (Å²) in [6.07, 6.45) is 4.24. The summed E-state index contributed by atoms with van der Waals surface area (Å²) in [6, 6.07) is 1.49. The van der Waals surface area contributed by atoms with E-state index in [1.165, 1.54) is 44.6 Å². The molecule has 3 heteroatoms. The number of thioether (sulfide) groups is 1. The van der Waals surface area contributed by atoms with Crippen molar-refractivity contribution in [3.63, 3.8) is 0 Å². The van der Waals surface area contributed by atoms with Crippen LogP contribution in [-0.4, -0.2) is 47.6 Å². The Morgan fingerprint density at radius 2 is 2.18 bits per heavy atom. The highest BCUT2D eigenvalue weighted by Crippen LogP contribution is 2.32. The average molecular weight is 256 g/mol. The molecular weight excluding hydrogens is 228 g/mol. The van der Waals surface area contributed by atoms with Crippen molar-refractivity contribution >= 4 is 11.8 Å². The SMILES string of the molecule is CC(C)NCC1CCCN(C2CCSC2C)C1. The molecule has 2 fully saturated rings. The molecule has 0 bridgehead atoms. The van der Waals surface area contributed by atoms with E-state index in [0.717, 1.165) is 17.2 Å². The van der Waals surface area contributed by atoms with Gasteiger partial charge in [-0.2, -0.15) is 11.8 Å². The molecule has 0 aliphatic carbocycles. The van der Waals surface area contributed by atoms with Gasteiger partial charge in [0.2, 0.25) is 0 Å². The maximum atomic E-state index is 3.61. The lowest BCUT2D eigenvalue weighted by atomic mass is 9.95. The first-order valence-corrected chi connectivity index (χ1v) is 8.30. The summed E-state index contributed by atoms with van der Waals surface area (Å²) in [5, 5.41) is 4.46. The van der Waals surface area contributed by atoms with Crippen LogP contribution in [0.3, 0.4) is 0 Å². The van der Waals surface area contributed by atoms with Gasteiger partial charge in [-0.15, -0.1) is 0 Å². The summed E-state index contributed by atoms with van der Waals surface area (Å²) < 4.78 is 0. The van der Waals surface area contributed by atoms with Crippen molar-refractivity contribution in [3.8, 4) is 0 Å². The molecule has 17 heavy (non-hydrogen) atoms. The van der Waals surface area contributed by atoms with Crippen LogP contribution < -0.4 is 5.32 Å². The van der Waals surface area contributed by atoms with Crippen molar-refractivity contribution in [3.05, 3.63) is 0 Å². The number of nitrogens with one attached hydrogen (secondary N) is 1. The van der Waals surface area contributed by atoms with Gasteiger partial charge in [0, 0.05) is 23.9 Å². The predicted molar refractivity (Wildman–Crippen MR) is 77.8 cm³/mol. The van der Waals surface area contributed by atoms with E-state index < -0.39 is 0 Å². The monoisotopic (exact) mass is 256 g/mol. The van der Waals surface area contributed by atoms with E-state index in [-0.39, 0.29) is 0 Å². The van der Waals surface area contributed by atoms with Gasteiger partial charge in [-0.25, -0.2) is 0 Å². The summed E-state index contributed by atoms with van der Waals surface area (Å²) in [5.74, 6) is 2.25. The van der Waals surface area contributed by atoms with Gasteiger partial charge in [0.05, 0.1) is 0 Å². The largest absolute Gasteiger partial charge is 0.314 e. The van der Waals surface area contributed by atoms with Crippen LogP contribution in [-0.2, 0) is 0 Å². The van der Waals surface area contributed by atoms with Gasteiger partial charge in [-0.3, -0.25) is 4.90 Å². The van der Waals surface area contributed by atoms with E-state index in [2.05, 4.69) is 42.7 Å². The molecule has 2 nitrogen and oxygen atoms in total. The zero-order chi connectivity index (χ0) is 12.3. The maximum Gasteiger partial charge on any atom is 0.0219 e. The number of likely N-dealkylation sites (tertiary alicyclic amines) is 1. The van der Waals surface area contributed by atoms with Crippen molar-refractivity contribution in [2.45, 2.75) is 57.4 Å². The normalized spacial score (nSPS) is 35.6. The van der Waals surface area contributed by atoms with Gasteiger partial charge in [-0.1, -0.05) is 20.8 Å². The molecule has 2 aliphatic rings. The minimum Gasteiger partial charge on any atom is -0.314 e. The van der Waals surface area contributed by atoms with Crippen LogP contribution in [0.1, 0.15) is 40.0 Å². The Balaban J connectivity index is 1.80. The molecular formula is C14H28N2S. The van der Waals surface area contributed by atoms with Crippen molar-refractivity contribution in [2.75, 3.05) is 25.4 Å². The first kappa shape index (κ1) is 13.7. The van der Waals surface area contributed by atoms with Crippen LogP contribution in [0.5, 0.6) is 0 Å². The highest BCUT2D eigenvalue weighted by Gasteiger charge is 2.32. The van der Waals surface area contributed by atoms with E-state index >= 15 is 0 Å². The molecule has 2 rings (SSSR count). The van der Waals surface area contributed by atoms with Crippen molar-refractivity contribution in [1.82, 2.24) is 10.2 Å². The molecule has 0 aromatic rings. The Hall–Kier alpha value is 0.270. The molecule has 2 saturated heterocycles. The topological polar surface area (TPSA) is 15.3 Å². The fourth-order valence-corrected chi connectivity index (χ4v) is 4.45. The zero-order valence-electron chi connectivity index (χ0n) is 11.6. The number of hydrogen-bond acceptors (Lipinski definition) is 3. The van der Waals surface area contributed by atoms with Crippen molar-refractivity contribution < 1.29 is 0 Å². The summed E-state index contributed by atoms with van der Waals surface area (Å²) in [7, 11) is 0. The molecule has 3 atom stereocenters. The highest BCUT2D eigenvalue weighted by atomic mass is 32.2. The molecule has 1 N–H and O–H groups in total. The lowest BCUT2D eigenvalue weighted by Gasteiger charge is -2.38. The molecule has 0 radical (unpaired) electrons. The molecule has 0 aromatic heterocycles. The van der Waals surface area contributed by atoms with Crippen LogP contribution in [0.25, 0.3) is 0 Å². The highest BCUT2D eigenvalue weighted by molar-refractivity contribution is 8.00. The summed E-state index contributed by atoms with van der Waals surface area (Å²) in [4.78, 5) is 2.78. The summed E-state index contributed by atoms with van der Waals surface area (Å²) in [5.41, 5.74) is 0. The number of nitrogens with zero attached hydrogens (tertiary/aromatic N) is 1. The second kappa shape index (κ2) is 6.44. The molecule has 100 valence electrons. The van der Waals surface area contributed by atoms with E-state index in [4.69, 9.17) is 0 Å². The van der Waals surface area contributed by atoms with Gasteiger partial charge in [-0.05, 0) is 44.0 Å². The second-order valence-corrected chi connectivity index (χ2v) is 7.48. The number of piperidine rings is 1. The Morgan fingerprint density at radius 1 is 1.35 bits per heavy atom. The molecule has 2 aliphatic heterocycles. The Bertz CT molecular complexity index is 232. The van der Waals surface area contributed by atoms with Crippen LogP contribution in [0.4, 0.5) is 0 Å². The number of rotatable bonds is 4. The third-order valence-electron chi connectivity index (χ3n) is 4.17. The Morgan fingerprint density at radius 3 is 2.82 bits per heavy atom. The first-order chi connectivity index (χ1) is 8.16. The minimum atomic E-state index is 0.631. The van der Waals surface area contributed by atoms with Gasteiger partial charge >= 0.3 is 0 Å². The summed E-state index contributed by atoms with van der Waals surface area (Å²) in [6.45, 7) is 10.8. The maximum absolute atomic E-state index is 3.61. The number of hydrogen-bond donors (Lipinski definition) is 1.